The molecule has 1 N–H and O–H groups in total. The summed E-state index contributed by atoms with van der Waals surface area (Å²) in [5, 5.41) is 3.08. The molecule has 1 amide bonds. The van der Waals surface area contributed by atoms with Gasteiger partial charge in [0.25, 0.3) is 0 Å². The van der Waals surface area contributed by atoms with Gasteiger partial charge in [0.05, 0.1) is 6.54 Å². The zero-order chi connectivity index (χ0) is 18.6. The smallest absolute Gasteiger partial charge is 0.234 e. The minimum absolute atomic E-state index is 0.120. The summed E-state index contributed by atoms with van der Waals surface area (Å²) in [6.07, 6.45) is 0. The van der Waals surface area contributed by atoms with Crippen LogP contribution < -0.4 is 10.2 Å². The molecule has 0 spiro atoms. The molecule has 1 unspecified atom stereocenters. The number of carbonyl (C=O) groups excluding carboxylic acids is 1. The second kappa shape index (κ2) is 8.61. The molecule has 0 saturated carbocycles. The van der Waals surface area contributed by atoms with Crippen LogP contribution in [0.4, 0.5) is 5.82 Å². The highest BCUT2D eigenvalue weighted by atomic mass is 16.2. The molecule has 1 saturated heterocycles. The minimum atomic E-state index is 0.120. The van der Waals surface area contributed by atoms with E-state index in [1.165, 1.54) is 0 Å². The molecule has 0 bridgehead atoms. The van der Waals surface area contributed by atoms with Crippen molar-refractivity contribution >= 4 is 11.7 Å². The summed E-state index contributed by atoms with van der Waals surface area (Å²) < 4.78 is 0. The molecule has 1 aliphatic heterocycles. The van der Waals surface area contributed by atoms with Gasteiger partial charge in [-0.1, -0.05) is 27.7 Å². The number of aryl methyl sites for hydroxylation is 1. The van der Waals surface area contributed by atoms with E-state index in [1.807, 2.05) is 6.92 Å². The number of carbonyl (C=O) groups is 1. The first-order valence-corrected chi connectivity index (χ1v) is 9.38. The van der Waals surface area contributed by atoms with E-state index < -0.39 is 0 Å². The maximum atomic E-state index is 12.2. The standard InChI is InChI=1S/C19H33N5O/c1-13(2)16(6)21-18(25)12-23-7-9-24(10-8-23)17-11-15(5)20-19(22-17)14(3)4/h11,13-14,16H,7-10,12H2,1-6H3,(H,21,25). The van der Waals surface area contributed by atoms with Crippen LogP contribution in [0.3, 0.4) is 0 Å². The Kier molecular flexibility index (Phi) is 6.76. The second-order valence-corrected chi connectivity index (χ2v) is 7.74. The fraction of sp³-hybridized carbons (Fsp3) is 0.737. The lowest BCUT2D eigenvalue weighted by atomic mass is 10.1. The lowest BCUT2D eigenvalue weighted by molar-refractivity contribution is -0.123. The highest BCUT2D eigenvalue weighted by Gasteiger charge is 2.21. The van der Waals surface area contributed by atoms with Crippen LogP contribution in [0.25, 0.3) is 0 Å². The van der Waals surface area contributed by atoms with Crippen LogP contribution in [0.2, 0.25) is 0 Å². The fourth-order valence-corrected chi connectivity index (χ4v) is 2.80. The average molecular weight is 348 g/mol. The normalized spacial score (nSPS) is 17.2. The quantitative estimate of drug-likeness (QED) is 0.855. The first-order valence-electron chi connectivity index (χ1n) is 9.38. The predicted molar refractivity (Wildman–Crippen MR) is 102 cm³/mol. The van der Waals surface area contributed by atoms with Crippen molar-refractivity contribution in [3.05, 3.63) is 17.6 Å². The topological polar surface area (TPSA) is 61.4 Å². The lowest BCUT2D eigenvalue weighted by Gasteiger charge is -2.35. The highest BCUT2D eigenvalue weighted by Crippen LogP contribution is 2.18. The zero-order valence-electron chi connectivity index (χ0n) is 16.5. The van der Waals surface area contributed by atoms with Crippen LogP contribution >= 0.6 is 0 Å². The Hall–Kier alpha value is -1.69. The first kappa shape index (κ1) is 19.6. The number of hydrogen-bond donors (Lipinski definition) is 1. The number of hydrogen-bond acceptors (Lipinski definition) is 5. The largest absolute Gasteiger partial charge is 0.354 e. The molecular formula is C19H33N5O. The van der Waals surface area contributed by atoms with Crippen molar-refractivity contribution in [3.63, 3.8) is 0 Å². The van der Waals surface area contributed by atoms with Crippen LogP contribution in [0.15, 0.2) is 6.07 Å². The van der Waals surface area contributed by atoms with Crippen molar-refractivity contribution < 1.29 is 4.79 Å². The van der Waals surface area contributed by atoms with Gasteiger partial charge in [-0.25, -0.2) is 9.97 Å². The molecule has 6 heteroatoms. The Morgan fingerprint density at radius 2 is 1.76 bits per heavy atom. The molecule has 1 aromatic heterocycles. The van der Waals surface area contributed by atoms with Crippen LogP contribution in [0.1, 0.15) is 52.1 Å². The number of nitrogens with one attached hydrogen (secondary N) is 1. The van der Waals surface area contributed by atoms with E-state index in [0.717, 1.165) is 43.5 Å². The Balaban J connectivity index is 1.88. The van der Waals surface area contributed by atoms with E-state index in [2.05, 4.69) is 60.8 Å². The Labute approximate surface area is 152 Å². The van der Waals surface area contributed by atoms with E-state index in [-0.39, 0.29) is 11.9 Å². The van der Waals surface area contributed by atoms with Crippen molar-refractivity contribution in [2.75, 3.05) is 37.6 Å². The Morgan fingerprint density at radius 1 is 1.12 bits per heavy atom. The third kappa shape index (κ3) is 5.66. The average Bonchev–Trinajstić information content (AvgIpc) is 2.54. The third-order valence-electron chi connectivity index (χ3n) is 4.83. The number of rotatable bonds is 6. The van der Waals surface area contributed by atoms with E-state index in [9.17, 15) is 4.79 Å². The van der Waals surface area contributed by atoms with Crippen molar-refractivity contribution in [2.24, 2.45) is 5.92 Å². The summed E-state index contributed by atoms with van der Waals surface area (Å²) >= 11 is 0. The predicted octanol–water partition coefficient (Wildman–Crippen LogP) is 2.19. The van der Waals surface area contributed by atoms with Gasteiger partial charge >= 0.3 is 0 Å². The minimum Gasteiger partial charge on any atom is -0.354 e. The SMILES string of the molecule is Cc1cc(N2CCN(CC(=O)NC(C)C(C)C)CC2)nc(C(C)C)n1. The van der Waals surface area contributed by atoms with Gasteiger partial charge in [0.15, 0.2) is 0 Å². The Morgan fingerprint density at radius 3 is 2.32 bits per heavy atom. The molecule has 1 aromatic rings. The van der Waals surface area contributed by atoms with Gasteiger partial charge in [-0.05, 0) is 19.8 Å². The van der Waals surface area contributed by atoms with Gasteiger partial charge in [0.1, 0.15) is 11.6 Å². The molecule has 1 atom stereocenters. The lowest BCUT2D eigenvalue weighted by Crippen LogP contribution is -2.51. The molecule has 0 aromatic carbocycles. The van der Waals surface area contributed by atoms with Crippen molar-refractivity contribution in [1.29, 1.82) is 0 Å². The van der Waals surface area contributed by atoms with Gasteiger partial charge < -0.3 is 10.2 Å². The number of aromatic nitrogens is 2. The molecule has 6 nitrogen and oxygen atoms in total. The summed E-state index contributed by atoms with van der Waals surface area (Å²) in [7, 11) is 0. The molecule has 25 heavy (non-hydrogen) atoms. The monoisotopic (exact) mass is 347 g/mol. The number of nitrogens with zero attached hydrogens (tertiary/aromatic N) is 4. The van der Waals surface area contributed by atoms with Crippen molar-refractivity contribution in [2.45, 2.75) is 53.5 Å². The first-order chi connectivity index (χ1) is 11.8. The summed E-state index contributed by atoms with van der Waals surface area (Å²) in [6.45, 7) is 16.6. The maximum Gasteiger partial charge on any atom is 0.234 e. The van der Waals surface area contributed by atoms with Gasteiger partial charge in [0, 0.05) is 49.9 Å². The number of piperazine rings is 1. The molecular weight excluding hydrogens is 314 g/mol. The van der Waals surface area contributed by atoms with Crippen LogP contribution in [-0.2, 0) is 4.79 Å². The van der Waals surface area contributed by atoms with Crippen LogP contribution in [0.5, 0.6) is 0 Å². The Bertz CT molecular complexity index is 579. The van der Waals surface area contributed by atoms with E-state index in [0.29, 0.717) is 18.4 Å². The molecule has 2 rings (SSSR count). The molecule has 1 aliphatic rings. The second-order valence-electron chi connectivity index (χ2n) is 7.74. The molecule has 2 heterocycles. The van der Waals surface area contributed by atoms with Crippen LogP contribution in [-0.4, -0.2) is 59.5 Å². The van der Waals surface area contributed by atoms with Crippen molar-refractivity contribution in [1.82, 2.24) is 20.2 Å². The van der Waals surface area contributed by atoms with Gasteiger partial charge in [-0.3, -0.25) is 9.69 Å². The summed E-state index contributed by atoms with van der Waals surface area (Å²) in [4.78, 5) is 25.9. The van der Waals surface area contributed by atoms with Crippen LogP contribution in [0, 0.1) is 12.8 Å². The van der Waals surface area contributed by atoms with Gasteiger partial charge in [0.2, 0.25) is 5.91 Å². The van der Waals surface area contributed by atoms with E-state index in [4.69, 9.17) is 4.98 Å². The maximum absolute atomic E-state index is 12.2. The molecule has 1 fully saturated rings. The van der Waals surface area contributed by atoms with Gasteiger partial charge in [-0.2, -0.15) is 0 Å². The molecule has 0 aliphatic carbocycles. The highest BCUT2D eigenvalue weighted by molar-refractivity contribution is 5.78. The van der Waals surface area contributed by atoms with Crippen molar-refractivity contribution in [3.8, 4) is 0 Å². The summed E-state index contributed by atoms with van der Waals surface area (Å²) in [6, 6.07) is 2.27. The fourth-order valence-electron chi connectivity index (χ4n) is 2.80. The van der Waals surface area contributed by atoms with E-state index >= 15 is 0 Å². The third-order valence-corrected chi connectivity index (χ3v) is 4.83. The molecule has 140 valence electrons. The summed E-state index contributed by atoms with van der Waals surface area (Å²) in [5.74, 6) is 2.81. The number of anilines is 1. The van der Waals surface area contributed by atoms with Gasteiger partial charge in [-0.15, -0.1) is 0 Å². The number of amides is 1. The zero-order valence-corrected chi connectivity index (χ0v) is 16.5. The van der Waals surface area contributed by atoms with E-state index in [1.54, 1.807) is 0 Å². The molecule has 0 radical (unpaired) electrons. The summed E-state index contributed by atoms with van der Waals surface area (Å²) in [5.41, 5.74) is 1.01.